The van der Waals surface area contributed by atoms with Crippen molar-refractivity contribution in [3.05, 3.63) is 61.2 Å². The van der Waals surface area contributed by atoms with Crippen LogP contribution in [-0.4, -0.2) is 36.4 Å². The van der Waals surface area contributed by atoms with Crippen molar-refractivity contribution in [1.82, 2.24) is 9.97 Å². The molecule has 0 aromatic carbocycles. The Hall–Kier alpha value is -1.78. The summed E-state index contributed by atoms with van der Waals surface area (Å²) in [5.74, 6) is 0. The maximum Gasteiger partial charge on any atom is 0.0701 e. The first kappa shape index (κ1) is 14.3. The van der Waals surface area contributed by atoms with Gasteiger partial charge in [0.15, 0.2) is 0 Å². The average Bonchev–Trinajstić information content (AvgIpc) is 2.54. The second-order valence-electron chi connectivity index (χ2n) is 3.27. The number of aromatic nitrogens is 2. The molecule has 2 aromatic rings. The molecule has 1 aliphatic heterocycles. The predicted octanol–water partition coefficient (Wildman–Crippen LogP) is 2.20. The van der Waals surface area contributed by atoms with E-state index in [4.69, 9.17) is 9.47 Å². The molecule has 1 fully saturated rings. The minimum absolute atomic E-state index is 0.778. The Labute approximate surface area is 108 Å². The molecule has 0 radical (unpaired) electrons. The molecular weight excluding hydrogens is 228 g/mol. The van der Waals surface area contributed by atoms with Crippen molar-refractivity contribution in [3.8, 4) is 0 Å². The lowest BCUT2D eigenvalue weighted by atomic mass is 10.5. The van der Waals surface area contributed by atoms with Gasteiger partial charge in [0.25, 0.3) is 0 Å². The quantitative estimate of drug-likeness (QED) is 0.714. The maximum absolute atomic E-state index is 4.94. The van der Waals surface area contributed by atoms with Crippen LogP contribution >= 0.6 is 0 Å². The second kappa shape index (κ2) is 11.7. The highest BCUT2D eigenvalue weighted by Gasteiger charge is 1.94. The van der Waals surface area contributed by atoms with E-state index in [9.17, 15) is 0 Å². The van der Waals surface area contributed by atoms with Gasteiger partial charge in [0.05, 0.1) is 26.4 Å². The molecule has 0 N–H and O–H groups in total. The summed E-state index contributed by atoms with van der Waals surface area (Å²) in [7, 11) is 0. The van der Waals surface area contributed by atoms with E-state index < -0.39 is 0 Å². The molecule has 3 rings (SSSR count). The average molecular weight is 246 g/mol. The molecular formula is C14H18N2O2. The zero-order valence-corrected chi connectivity index (χ0v) is 10.3. The molecule has 3 heterocycles. The number of rotatable bonds is 0. The number of pyridine rings is 2. The van der Waals surface area contributed by atoms with Crippen molar-refractivity contribution in [2.24, 2.45) is 0 Å². The van der Waals surface area contributed by atoms with Crippen LogP contribution in [0.2, 0.25) is 0 Å². The smallest absolute Gasteiger partial charge is 0.0701 e. The Morgan fingerprint density at radius 2 is 0.833 bits per heavy atom. The van der Waals surface area contributed by atoms with Crippen LogP contribution in [0.15, 0.2) is 61.2 Å². The minimum Gasteiger partial charge on any atom is -0.377 e. The molecule has 1 aliphatic rings. The lowest BCUT2D eigenvalue weighted by Gasteiger charge is -2.09. The molecule has 96 valence electrons. The highest BCUT2D eigenvalue weighted by Crippen LogP contribution is 1.85. The van der Waals surface area contributed by atoms with E-state index in [2.05, 4.69) is 9.97 Å². The Balaban J connectivity index is 0.000000135. The van der Waals surface area contributed by atoms with Crippen molar-refractivity contribution in [2.75, 3.05) is 26.4 Å². The van der Waals surface area contributed by atoms with Gasteiger partial charge in [-0.05, 0) is 24.3 Å². The molecule has 0 amide bonds. The zero-order chi connectivity index (χ0) is 12.7. The summed E-state index contributed by atoms with van der Waals surface area (Å²) in [6.07, 6.45) is 7.00. The molecule has 0 saturated carbocycles. The van der Waals surface area contributed by atoms with Crippen LogP contribution in [0.1, 0.15) is 0 Å². The first-order chi connectivity index (χ1) is 9.00. The van der Waals surface area contributed by atoms with E-state index in [1.54, 1.807) is 24.8 Å². The molecule has 1 saturated heterocycles. The van der Waals surface area contributed by atoms with Crippen LogP contribution in [0.4, 0.5) is 0 Å². The Bertz CT molecular complexity index is 256. The highest BCUT2D eigenvalue weighted by molar-refractivity contribution is 4.88. The van der Waals surface area contributed by atoms with Gasteiger partial charge in [-0.15, -0.1) is 0 Å². The molecule has 0 bridgehead atoms. The summed E-state index contributed by atoms with van der Waals surface area (Å²) < 4.78 is 9.89. The number of ether oxygens (including phenoxy) is 2. The van der Waals surface area contributed by atoms with Crippen molar-refractivity contribution in [1.29, 1.82) is 0 Å². The van der Waals surface area contributed by atoms with Crippen LogP contribution < -0.4 is 0 Å². The minimum atomic E-state index is 0.778. The molecule has 4 heteroatoms. The fourth-order valence-electron chi connectivity index (χ4n) is 1.07. The third kappa shape index (κ3) is 9.45. The van der Waals surface area contributed by atoms with Gasteiger partial charge in [-0.3, -0.25) is 9.97 Å². The summed E-state index contributed by atoms with van der Waals surface area (Å²) in [5.41, 5.74) is 0. The molecule has 0 spiro atoms. The van der Waals surface area contributed by atoms with Gasteiger partial charge in [-0.25, -0.2) is 0 Å². The predicted molar refractivity (Wildman–Crippen MR) is 70.1 cm³/mol. The first-order valence-corrected chi connectivity index (χ1v) is 5.85. The van der Waals surface area contributed by atoms with Crippen LogP contribution in [0.25, 0.3) is 0 Å². The Kier molecular flexibility index (Phi) is 9.28. The topological polar surface area (TPSA) is 44.2 Å². The van der Waals surface area contributed by atoms with E-state index in [1.807, 2.05) is 36.4 Å². The summed E-state index contributed by atoms with van der Waals surface area (Å²) in [6.45, 7) is 3.11. The zero-order valence-electron chi connectivity index (χ0n) is 10.3. The molecule has 4 nitrogen and oxygen atoms in total. The highest BCUT2D eigenvalue weighted by atomic mass is 16.6. The van der Waals surface area contributed by atoms with Gasteiger partial charge in [0.2, 0.25) is 0 Å². The summed E-state index contributed by atoms with van der Waals surface area (Å²) >= 11 is 0. The van der Waals surface area contributed by atoms with Gasteiger partial charge in [-0.1, -0.05) is 12.1 Å². The Morgan fingerprint density at radius 1 is 0.500 bits per heavy atom. The standard InChI is InChI=1S/2C5H5N.C4H8O2/c2*1-2-4-6-5-3-1;1-2-6-4-3-5-1/h2*1-5H;1-4H2. The fourth-order valence-corrected chi connectivity index (χ4v) is 1.07. The van der Waals surface area contributed by atoms with E-state index in [0.717, 1.165) is 26.4 Å². The van der Waals surface area contributed by atoms with Gasteiger partial charge in [0, 0.05) is 24.8 Å². The van der Waals surface area contributed by atoms with Crippen LogP contribution in [0.5, 0.6) is 0 Å². The van der Waals surface area contributed by atoms with Crippen molar-refractivity contribution < 1.29 is 9.47 Å². The normalized spacial score (nSPS) is 13.3. The van der Waals surface area contributed by atoms with E-state index in [0.29, 0.717) is 0 Å². The van der Waals surface area contributed by atoms with Crippen LogP contribution in [0, 0.1) is 0 Å². The summed E-state index contributed by atoms with van der Waals surface area (Å²) in [5, 5.41) is 0. The molecule has 2 aromatic heterocycles. The summed E-state index contributed by atoms with van der Waals surface area (Å²) in [4.78, 5) is 7.57. The monoisotopic (exact) mass is 246 g/mol. The van der Waals surface area contributed by atoms with E-state index in [1.165, 1.54) is 0 Å². The van der Waals surface area contributed by atoms with Crippen molar-refractivity contribution in [2.45, 2.75) is 0 Å². The third-order valence-electron chi connectivity index (χ3n) is 1.88. The molecule has 0 unspecified atom stereocenters. The first-order valence-electron chi connectivity index (χ1n) is 5.85. The van der Waals surface area contributed by atoms with Gasteiger partial charge in [0.1, 0.15) is 0 Å². The molecule has 18 heavy (non-hydrogen) atoms. The fraction of sp³-hybridized carbons (Fsp3) is 0.286. The largest absolute Gasteiger partial charge is 0.377 e. The lowest BCUT2D eigenvalue weighted by Crippen LogP contribution is -2.16. The van der Waals surface area contributed by atoms with Crippen LogP contribution in [0.3, 0.4) is 0 Å². The van der Waals surface area contributed by atoms with Gasteiger partial charge >= 0.3 is 0 Å². The number of hydrogen-bond acceptors (Lipinski definition) is 4. The Morgan fingerprint density at radius 3 is 0.944 bits per heavy atom. The lowest BCUT2D eigenvalue weighted by molar-refractivity contribution is -0.0334. The molecule has 0 atom stereocenters. The SMILES string of the molecule is C1COCCO1.c1ccncc1.c1ccncc1. The summed E-state index contributed by atoms with van der Waals surface area (Å²) in [6, 6.07) is 11.4. The number of nitrogens with zero attached hydrogens (tertiary/aromatic N) is 2. The third-order valence-corrected chi connectivity index (χ3v) is 1.88. The van der Waals surface area contributed by atoms with Crippen molar-refractivity contribution in [3.63, 3.8) is 0 Å². The van der Waals surface area contributed by atoms with Gasteiger partial charge < -0.3 is 9.47 Å². The van der Waals surface area contributed by atoms with Gasteiger partial charge in [-0.2, -0.15) is 0 Å². The van der Waals surface area contributed by atoms with E-state index in [-0.39, 0.29) is 0 Å². The van der Waals surface area contributed by atoms with Crippen LogP contribution in [-0.2, 0) is 9.47 Å². The van der Waals surface area contributed by atoms with Crippen molar-refractivity contribution >= 4 is 0 Å². The maximum atomic E-state index is 4.94. The number of hydrogen-bond donors (Lipinski definition) is 0. The molecule has 0 aliphatic carbocycles. The van der Waals surface area contributed by atoms with E-state index >= 15 is 0 Å². The second-order valence-corrected chi connectivity index (χ2v) is 3.27.